The molecule has 0 atom stereocenters. The molecule has 2 rings (SSSR count). The predicted molar refractivity (Wildman–Crippen MR) is 80.9 cm³/mol. The van der Waals surface area contributed by atoms with E-state index in [4.69, 9.17) is 5.73 Å². The molecule has 3 N–H and O–H groups in total. The van der Waals surface area contributed by atoms with Gasteiger partial charge in [0.1, 0.15) is 0 Å². The monoisotopic (exact) mass is 305 g/mol. The van der Waals surface area contributed by atoms with Gasteiger partial charge in [-0.05, 0) is 25.1 Å². The van der Waals surface area contributed by atoms with Gasteiger partial charge >= 0.3 is 0 Å². The molecule has 0 saturated carbocycles. The molecule has 0 fully saturated rings. The van der Waals surface area contributed by atoms with Crippen molar-refractivity contribution < 1.29 is 13.2 Å². The maximum Gasteiger partial charge on any atom is 0.257 e. The fraction of sp³-hybridized carbons (Fsp3) is 0.143. The van der Waals surface area contributed by atoms with Crippen molar-refractivity contribution in [2.75, 3.05) is 17.3 Å². The van der Waals surface area contributed by atoms with Gasteiger partial charge < -0.3 is 11.1 Å². The van der Waals surface area contributed by atoms with Gasteiger partial charge in [-0.2, -0.15) is 0 Å². The number of sulfone groups is 1. The van der Waals surface area contributed by atoms with Gasteiger partial charge in [0.15, 0.2) is 9.84 Å². The topological polar surface area (TPSA) is 102 Å². The summed E-state index contributed by atoms with van der Waals surface area (Å²) in [4.78, 5) is 16.3. The molecule has 21 heavy (non-hydrogen) atoms. The van der Waals surface area contributed by atoms with Crippen molar-refractivity contribution in [3.63, 3.8) is 0 Å². The first-order valence-corrected chi connectivity index (χ1v) is 8.01. The van der Waals surface area contributed by atoms with Gasteiger partial charge in [-0.1, -0.05) is 12.1 Å². The summed E-state index contributed by atoms with van der Waals surface area (Å²) < 4.78 is 23.4. The van der Waals surface area contributed by atoms with Gasteiger partial charge in [0.05, 0.1) is 33.7 Å². The first kappa shape index (κ1) is 15.0. The fourth-order valence-electron chi connectivity index (χ4n) is 1.86. The van der Waals surface area contributed by atoms with E-state index in [9.17, 15) is 13.2 Å². The van der Waals surface area contributed by atoms with Crippen LogP contribution in [0.4, 0.5) is 11.4 Å². The van der Waals surface area contributed by atoms with Crippen molar-refractivity contribution in [1.82, 2.24) is 4.98 Å². The molecule has 2 aromatic rings. The molecule has 0 aliphatic carbocycles. The molecular formula is C14H15N3O3S. The third-order valence-electron chi connectivity index (χ3n) is 2.89. The molecule has 0 spiro atoms. The smallest absolute Gasteiger partial charge is 0.257 e. The Morgan fingerprint density at radius 1 is 1.29 bits per heavy atom. The van der Waals surface area contributed by atoms with Gasteiger partial charge in [0.2, 0.25) is 0 Å². The fourth-order valence-corrected chi connectivity index (χ4v) is 2.71. The maximum absolute atomic E-state index is 12.3. The van der Waals surface area contributed by atoms with Crippen LogP contribution in [0.3, 0.4) is 0 Å². The van der Waals surface area contributed by atoms with Gasteiger partial charge in [0, 0.05) is 6.26 Å². The molecule has 0 aliphatic rings. The number of hydrogen-bond acceptors (Lipinski definition) is 5. The Labute approximate surface area is 122 Å². The molecule has 6 nitrogen and oxygen atoms in total. The minimum Gasteiger partial charge on any atom is -0.397 e. The van der Waals surface area contributed by atoms with E-state index in [1.165, 1.54) is 24.4 Å². The molecule has 0 aliphatic heterocycles. The Hall–Kier alpha value is -2.41. The number of carbonyl (C=O) groups excluding carboxylic acids is 1. The highest BCUT2D eigenvalue weighted by atomic mass is 32.2. The van der Waals surface area contributed by atoms with Gasteiger partial charge in [-0.15, -0.1) is 0 Å². The van der Waals surface area contributed by atoms with E-state index in [1.807, 2.05) is 0 Å². The van der Waals surface area contributed by atoms with Crippen LogP contribution >= 0.6 is 0 Å². The van der Waals surface area contributed by atoms with Gasteiger partial charge in [0.25, 0.3) is 5.91 Å². The number of nitrogens with zero attached hydrogens (tertiary/aromatic N) is 1. The highest BCUT2D eigenvalue weighted by molar-refractivity contribution is 7.90. The Morgan fingerprint density at radius 3 is 2.62 bits per heavy atom. The molecule has 0 unspecified atom stereocenters. The number of anilines is 2. The highest BCUT2D eigenvalue weighted by Crippen LogP contribution is 2.22. The molecule has 0 bridgehead atoms. The first-order valence-electron chi connectivity index (χ1n) is 6.11. The lowest BCUT2D eigenvalue weighted by Crippen LogP contribution is -2.16. The van der Waals surface area contributed by atoms with Crippen LogP contribution in [0, 0.1) is 6.92 Å². The standard InChI is InChI=1S/C14H15N3O3S/c1-9-11(7-10(15)8-16-9)14(18)17-12-5-3-4-6-13(12)21(2,19)20/h3-8H,15H2,1-2H3,(H,17,18). The summed E-state index contributed by atoms with van der Waals surface area (Å²) in [6.45, 7) is 1.68. The van der Waals surface area contributed by atoms with Gasteiger partial charge in [-0.25, -0.2) is 8.42 Å². The van der Waals surface area contributed by atoms with Crippen molar-refractivity contribution in [2.24, 2.45) is 0 Å². The lowest BCUT2D eigenvalue weighted by molar-refractivity contribution is 0.102. The predicted octanol–water partition coefficient (Wildman–Crippen LogP) is 1.63. The molecule has 1 heterocycles. The number of nitrogen functional groups attached to an aromatic ring is 1. The minimum absolute atomic E-state index is 0.0628. The average molecular weight is 305 g/mol. The van der Waals surface area contributed by atoms with Crippen LogP contribution in [-0.2, 0) is 9.84 Å². The number of rotatable bonds is 3. The maximum atomic E-state index is 12.3. The first-order chi connectivity index (χ1) is 9.79. The van der Waals surface area contributed by atoms with E-state index in [-0.39, 0.29) is 10.6 Å². The number of nitrogens with two attached hydrogens (primary N) is 1. The molecule has 1 aromatic carbocycles. The number of pyridine rings is 1. The summed E-state index contributed by atoms with van der Waals surface area (Å²) in [5, 5.41) is 2.59. The normalized spacial score (nSPS) is 11.1. The zero-order valence-electron chi connectivity index (χ0n) is 11.6. The highest BCUT2D eigenvalue weighted by Gasteiger charge is 2.16. The van der Waals surface area contributed by atoms with E-state index in [1.54, 1.807) is 19.1 Å². The SMILES string of the molecule is Cc1ncc(N)cc1C(=O)Nc1ccccc1S(C)(=O)=O. The van der Waals surface area contributed by atoms with Crippen molar-refractivity contribution in [3.8, 4) is 0 Å². The zero-order valence-corrected chi connectivity index (χ0v) is 12.4. The van der Waals surface area contributed by atoms with Crippen molar-refractivity contribution in [1.29, 1.82) is 0 Å². The molecule has 0 saturated heterocycles. The molecule has 7 heteroatoms. The molecule has 0 radical (unpaired) electrons. The number of nitrogens with one attached hydrogen (secondary N) is 1. The Morgan fingerprint density at radius 2 is 1.95 bits per heavy atom. The lowest BCUT2D eigenvalue weighted by atomic mass is 10.1. The summed E-state index contributed by atoms with van der Waals surface area (Å²) in [6.07, 6.45) is 2.54. The second kappa shape index (κ2) is 5.53. The molecule has 1 aromatic heterocycles. The van der Waals surface area contributed by atoms with Crippen LogP contribution in [0.15, 0.2) is 41.4 Å². The van der Waals surface area contributed by atoms with E-state index in [2.05, 4.69) is 10.3 Å². The number of para-hydroxylation sites is 1. The van der Waals surface area contributed by atoms with Gasteiger partial charge in [-0.3, -0.25) is 9.78 Å². The van der Waals surface area contributed by atoms with Crippen LogP contribution in [0.25, 0.3) is 0 Å². The third-order valence-corrected chi connectivity index (χ3v) is 4.04. The van der Waals surface area contributed by atoms with Crippen LogP contribution in [-0.4, -0.2) is 25.6 Å². The summed E-state index contributed by atoms with van der Waals surface area (Å²) >= 11 is 0. The minimum atomic E-state index is -3.43. The third kappa shape index (κ3) is 3.38. The number of aryl methyl sites for hydroxylation is 1. The Balaban J connectivity index is 2.39. The van der Waals surface area contributed by atoms with E-state index in [0.29, 0.717) is 16.9 Å². The summed E-state index contributed by atoms with van der Waals surface area (Å²) in [7, 11) is -3.43. The summed E-state index contributed by atoms with van der Waals surface area (Å²) in [6, 6.07) is 7.72. The Kier molecular flexibility index (Phi) is 3.95. The quantitative estimate of drug-likeness (QED) is 0.897. The second-order valence-electron chi connectivity index (χ2n) is 4.62. The zero-order chi connectivity index (χ0) is 15.6. The summed E-state index contributed by atoms with van der Waals surface area (Å²) in [5.41, 5.74) is 7.03. The number of carbonyl (C=O) groups is 1. The van der Waals surface area contributed by atoms with E-state index >= 15 is 0 Å². The van der Waals surface area contributed by atoms with Crippen molar-refractivity contribution in [2.45, 2.75) is 11.8 Å². The van der Waals surface area contributed by atoms with E-state index < -0.39 is 15.7 Å². The van der Waals surface area contributed by atoms with Crippen LogP contribution in [0.1, 0.15) is 16.1 Å². The summed E-state index contributed by atoms with van der Waals surface area (Å²) in [5.74, 6) is -0.455. The van der Waals surface area contributed by atoms with Crippen LogP contribution in [0.2, 0.25) is 0 Å². The number of hydrogen-bond donors (Lipinski definition) is 2. The second-order valence-corrected chi connectivity index (χ2v) is 6.61. The number of amides is 1. The lowest BCUT2D eigenvalue weighted by Gasteiger charge is -2.11. The van der Waals surface area contributed by atoms with Crippen LogP contribution < -0.4 is 11.1 Å². The average Bonchev–Trinajstić information content (AvgIpc) is 2.41. The largest absolute Gasteiger partial charge is 0.397 e. The molecular weight excluding hydrogens is 290 g/mol. The molecule has 1 amide bonds. The Bertz CT molecular complexity index is 801. The van der Waals surface area contributed by atoms with E-state index in [0.717, 1.165) is 6.26 Å². The number of benzene rings is 1. The van der Waals surface area contributed by atoms with Crippen molar-refractivity contribution >= 4 is 27.1 Å². The van der Waals surface area contributed by atoms with Crippen LogP contribution in [0.5, 0.6) is 0 Å². The van der Waals surface area contributed by atoms with Crippen molar-refractivity contribution in [3.05, 3.63) is 47.8 Å². The number of aromatic nitrogens is 1. The molecule has 110 valence electrons.